The van der Waals surface area contributed by atoms with Crippen molar-refractivity contribution in [3.8, 4) is 0 Å². The Morgan fingerprint density at radius 3 is 2.58 bits per heavy atom. The second-order valence-electron chi connectivity index (χ2n) is 7.63. The highest BCUT2D eigenvalue weighted by molar-refractivity contribution is 6.30. The molecule has 0 saturated carbocycles. The molecule has 4 N–H and O–H groups in total. The lowest BCUT2D eigenvalue weighted by Crippen LogP contribution is -2.36. The van der Waals surface area contributed by atoms with Crippen molar-refractivity contribution in [1.29, 1.82) is 0 Å². The fourth-order valence-electron chi connectivity index (χ4n) is 3.88. The Morgan fingerprint density at radius 1 is 1.00 bits per heavy atom. The van der Waals surface area contributed by atoms with E-state index in [4.69, 9.17) is 11.6 Å². The number of benzene rings is 3. The fourth-order valence-corrected chi connectivity index (χ4v) is 4.00. The molecule has 0 saturated heterocycles. The number of carbonyl (C=O) groups is 2. The van der Waals surface area contributed by atoms with Crippen LogP contribution >= 0.6 is 11.6 Å². The van der Waals surface area contributed by atoms with Gasteiger partial charge in [-0.15, -0.1) is 0 Å². The summed E-state index contributed by atoms with van der Waals surface area (Å²) in [6.07, 6.45) is -0.154. The van der Waals surface area contributed by atoms with Crippen LogP contribution in [-0.4, -0.2) is 21.8 Å². The zero-order valence-electron chi connectivity index (χ0n) is 17.2. The third kappa shape index (κ3) is 4.16. The van der Waals surface area contributed by atoms with E-state index < -0.39 is 23.3 Å². The van der Waals surface area contributed by atoms with Crippen LogP contribution in [0.3, 0.4) is 0 Å². The van der Waals surface area contributed by atoms with E-state index in [1.54, 1.807) is 30.3 Å². The summed E-state index contributed by atoms with van der Waals surface area (Å²) >= 11 is 5.90. The van der Waals surface area contributed by atoms with E-state index in [0.717, 1.165) is 10.8 Å². The number of halogens is 1. The molecule has 0 unspecified atom stereocenters. The van der Waals surface area contributed by atoms with E-state index in [0.29, 0.717) is 16.4 Å². The minimum atomic E-state index is -0.978. The fraction of sp³-hybridized carbons (Fsp3) is 0.0833. The van der Waals surface area contributed by atoms with Crippen LogP contribution in [0, 0.1) is 0 Å². The van der Waals surface area contributed by atoms with Crippen molar-refractivity contribution >= 4 is 57.3 Å². The Morgan fingerprint density at radius 2 is 1.76 bits per heavy atom. The highest BCUT2D eigenvalue weighted by Crippen LogP contribution is 2.31. The first-order valence-corrected chi connectivity index (χ1v) is 10.6. The van der Waals surface area contributed by atoms with Crippen LogP contribution in [0.25, 0.3) is 10.8 Å². The molecule has 33 heavy (non-hydrogen) atoms. The number of fused-ring (bicyclic) bond motifs is 2. The zero-order valence-corrected chi connectivity index (χ0v) is 17.9. The molecule has 4 aromatic rings. The molecule has 0 fully saturated rings. The van der Waals surface area contributed by atoms with Crippen molar-refractivity contribution in [2.75, 3.05) is 16.0 Å². The van der Waals surface area contributed by atoms with Crippen LogP contribution in [-0.2, 0) is 9.59 Å². The van der Waals surface area contributed by atoms with Crippen LogP contribution in [0.15, 0.2) is 71.5 Å². The van der Waals surface area contributed by atoms with Gasteiger partial charge in [0.05, 0.1) is 11.5 Å². The van der Waals surface area contributed by atoms with Crippen LogP contribution in [0.2, 0.25) is 5.02 Å². The van der Waals surface area contributed by atoms with Crippen LogP contribution in [0.5, 0.6) is 0 Å². The molecule has 0 spiro atoms. The summed E-state index contributed by atoms with van der Waals surface area (Å²) < 4.78 is 0. The maximum Gasteiger partial charge on any atom is 0.258 e. The maximum absolute atomic E-state index is 13.2. The first kappa shape index (κ1) is 20.7. The van der Waals surface area contributed by atoms with E-state index >= 15 is 0 Å². The maximum atomic E-state index is 13.2. The van der Waals surface area contributed by atoms with Gasteiger partial charge in [-0.3, -0.25) is 19.4 Å². The van der Waals surface area contributed by atoms with Gasteiger partial charge in [0, 0.05) is 28.2 Å². The molecule has 164 valence electrons. The van der Waals surface area contributed by atoms with Crippen molar-refractivity contribution in [2.24, 2.45) is 0 Å². The number of carbonyl (C=O) groups excluding carboxylic acids is 2. The minimum absolute atomic E-state index is 0.0598. The van der Waals surface area contributed by atoms with Crippen LogP contribution in [0.4, 0.5) is 23.1 Å². The zero-order chi connectivity index (χ0) is 22.9. The molecule has 2 amide bonds. The summed E-state index contributed by atoms with van der Waals surface area (Å²) in [5.41, 5.74) is 0.870. The molecule has 8 nitrogen and oxygen atoms in total. The molecule has 1 aromatic heterocycles. The van der Waals surface area contributed by atoms with Crippen LogP contribution in [0.1, 0.15) is 17.9 Å². The molecule has 2 heterocycles. The number of nitrogens with one attached hydrogen (secondary N) is 4. The third-order valence-corrected chi connectivity index (χ3v) is 5.67. The Hall–Kier alpha value is -4.17. The van der Waals surface area contributed by atoms with E-state index in [-0.39, 0.29) is 23.8 Å². The van der Waals surface area contributed by atoms with Gasteiger partial charge in [-0.1, -0.05) is 48.0 Å². The molecule has 9 heteroatoms. The van der Waals surface area contributed by atoms with Gasteiger partial charge in [-0.25, -0.2) is 0 Å². The van der Waals surface area contributed by atoms with E-state index in [2.05, 4.69) is 25.9 Å². The van der Waals surface area contributed by atoms with Gasteiger partial charge in [0.1, 0.15) is 5.82 Å². The first-order chi connectivity index (χ1) is 16.0. The highest BCUT2D eigenvalue weighted by Gasteiger charge is 2.35. The lowest BCUT2D eigenvalue weighted by atomic mass is 9.92. The van der Waals surface area contributed by atoms with E-state index in [1.165, 1.54) is 0 Å². The number of aromatic nitrogens is 2. The number of rotatable bonds is 4. The van der Waals surface area contributed by atoms with Crippen molar-refractivity contribution in [3.05, 3.63) is 87.7 Å². The number of amides is 2. The van der Waals surface area contributed by atoms with E-state index in [1.807, 2.05) is 36.4 Å². The largest absolute Gasteiger partial charge is 0.326 e. The Bertz CT molecular complexity index is 1440. The van der Waals surface area contributed by atoms with Crippen molar-refractivity contribution in [1.82, 2.24) is 9.97 Å². The Kier molecular flexibility index (Phi) is 5.27. The van der Waals surface area contributed by atoms with Gasteiger partial charge in [0.15, 0.2) is 0 Å². The molecule has 0 bridgehead atoms. The van der Waals surface area contributed by atoms with Crippen LogP contribution < -0.4 is 21.5 Å². The Balaban J connectivity index is 1.46. The van der Waals surface area contributed by atoms with Gasteiger partial charge < -0.3 is 16.0 Å². The minimum Gasteiger partial charge on any atom is -0.326 e. The number of hydrogen-bond acceptors (Lipinski definition) is 5. The van der Waals surface area contributed by atoms with Crippen molar-refractivity contribution < 1.29 is 9.59 Å². The average molecular weight is 460 g/mol. The lowest BCUT2D eigenvalue weighted by Gasteiger charge is -2.24. The van der Waals surface area contributed by atoms with Crippen molar-refractivity contribution in [3.63, 3.8) is 0 Å². The standard InChI is InChI=1S/C24H18ClN5O3/c25-14-8-10-15(11-9-14)26-24-29-21-20(23(33)30-24)17(12-19(31)28-21)22(32)27-18-7-3-5-13-4-1-2-6-16(13)18/h1-11,17H,12H2,(H,27,32)(H3,26,28,29,30,31,33)/t17-/m0/s1. The summed E-state index contributed by atoms with van der Waals surface area (Å²) in [5, 5.41) is 10.8. The molecule has 1 aliphatic rings. The summed E-state index contributed by atoms with van der Waals surface area (Å²) in [6, 6.07) is 20.0. The van der Waals surface area contributed by atoms with Gasteiger partial charge in [-0.05, 0) is 35.7 Å². The van der Waals surface area contributed by atoms with Gasteiger partial charge >= 0.3 is 0 Å². The molecule has 1 aliphatic heterocycles. The van der Waals surface area contributed by atoms with Gasteiger partial charge in [-0.2, -0.15) is 4.98 Å². The molecular formula is C24H18ClN5O3. The Labute approximate surface area is 193 Å². The van der Waals surface area contributed by atoms with Gasteiger partial charge in [0.2, 0.25) is 17.8 Å². The second-order valence-corrected chi connectivity index (χ2v) is 8.07. The lowest BCUT2D eigenvalue weighted by molar-refractivity contribution is -0.123. The summed E-state index contributed by atoms with van der Waals surface area (Å²) in [7, 11) is 0. The number of aromatic amines is 1. The monoisotopic (exact) mass is 459 g/mol. The summed E-state index contributed by atoms with van der Waals surface area (Å²) in [6.45, 7) is 0. The molecule has 0 radical (unpaired) electrons. The highest BCUT2D eigenvalue weighted by atomic mass is 35.5. The number of nitrogens with zero attached hydrogens (tertiary/aromatic N) is 1. The van der Waals surface area contributed by atoms with Crippen molar-refractivity contribution in [2.45, 2.75) is 12.3 Å². The van der Waals surface area contributed by atoms with Gasteiger partial charge in [0.25, 0.3) is 5.56 Å². The normalized spacial score (nSPS) is 14.9. The smallest absolute Gasteiger partial charge is 0.258 e. The molecular weight excluding hydrogens is 442 g/mol. The summed E-state index contributed by atoms with van der Waals surface area (Å²) in [4.78, 5) is 45.4. The topological polar surface area (TPSA) is 116 Å². The number of H-pyrrole nitrogens is 1. The van der Waals surface area contributed by atoms with E-state index in [9.17, 15) is 14.4 Å². The predicted molar refractivity (Wildman–Crippen MR) is 128 cm³/mol. The quantitative estimate of drug-likeness (QED) is 0.361. The predicted octanol–water partition coefficient (Wildman–Crippen LogP) is 4.38. The second kappa shape index (κ2) is 8.40. The molecule has 0 aliphatic carbocycles. The molecule has 1 atom stereocenters. The average Bonchev–Trinajstić information content (AvgIpc) is 2.80. The number of anilines is 4. The summed E-state index contributed by atoms with van der Waals surface area (Å²) in [5.74, 6) is -1.63. The third-order valence-electron chi connectivity index (χ3n) is 5.42. The molecule has 5 rings (SSSR count). The SMILES string of the molecule is O=C1C[C@H](C(=O)Nc2cccc3ccccc23)c2c(nc(Nc3ccc(Cl)cc3)[nH]c2=O)N1. The number of hydrogen-bond donors (Lipinski definition) is 4. The molecule has 3 aromatic carbocycles. The first-order valence-electron chi connectivity index (χ1n) is 10.2.